The summed E-state index contributed by atoms with van der Waals surface area (Å²) in [5.74, 6) is 0.300. The van der Waals surface area contributed by atoms with Gasteiger partial charge in [-0.1, -0.05) is 18.2 Å². The highest BCUT2D eigenvalue weighted by atomic mass is 35.5. The van der Waals surface area contributed by atoms with Gasteiger partial charge >= 0.3 is 0 Å². The van der Waals surface area contributed by atoms with Crippen LogP contribution < -0.4 is 0 Å². The van der Waals surface area contributed by atoms with Crippen molar-refractivity contribution in [2.75, 3.05) is 5.88 Å². The summed E-state index contributed by atoms with van der Waals surface area (Å²) < 4.78 is 13.9. The molecule has 0 radical (unpaired) electrons. The van der Waals surface area contributed by atoms with Crippen LogP contribution in [0.2, 0.25) is 0 Å². The van der Waals surface area contributed by atoms with Gasteiger partial charge in [0, 0.05) is 16.3 Å². The number of nitrogens with zero attached hydrogens (tertiary/aromatic N) is 1. The van der Waals surface area contributed by atoms with Crippen LogP contribution in [0.3, 0.4) is 0 Å². The number of rotatable bonds is 4. The second-order valence-electron chi connectivity index (χ2n) is 4.19. The van der Waals surface area contributed by atoms with Crippen molar-refractivity contribution in [3.63, 3.8) is 0 Å². The summed E-state index contributed by atoms with van der Waals surface area (Å²) in [6.07, 6.45) is 0.751. The zero-order valence-electron chi connectivity index (χ0n) is 10.5. The van der Waals surface area contributed by atoms with Crippen LogP contribution in [0.5, 0.6) is 0 Å². The van der Waals surface area contributed by atoms with Gasteiger partial charge in [0.1, 0.15) is 10.8 Å². The predicted octanol–water partition coefficient (Wildman–Crippen LogP) is 5.46. The fraction of sp³-hybridized carbons (Fsp3) is 0.133. The average Bonchev–Trinajstić information content (AvgIpc) is 3.08. The van der Waals surface area contributed by atoms with Crippen molar-refractivity contribution in [3.8, 4) is 21.1 Å². The Kier molecular flexibility index (Phi) is 4.15. The lowest BCUT2D eigenvalue weighted by Gasteiger charge is -1.96. The maximum absolute atomic E-state index is 13.9. The lowest BCUT2D eigenvalue weighted by Crippen LogP contribution is -1.85. The first kappa shape index (κ1) is 13.7. The second kappa shape index (κ2) is 6.04. The van der Waals surface area contributed by atoms with Crippen molar-refractivity contribution < 1.29 is 4.39 Å². The zero-order chi connectivity index (χ0) is 13.9. The molecule has 0 N–H and O–H groups in total. The van der Waals surface area contributed by atoms with E-state index in [1.165, 1.54) is 17.4 Å². The van der Waals surface area contributed by atoms with Crippen molar-refractivity contribution in [2.45, 2.75) is 6.42 Å². The van der Waals surface area contributed by atoms with E-state index in [0.717, 1.165) is 21.9 Å². The maximum atomic E-state index is 13.9. The van der Waals surface area contributed by atoms with E-state index in [1.54, 1.807) is 23.5 Å². The average molecular weight is 324 g/mol. The molecule has 102 valence electrons. The summed E-state index contributed by atoms with van der Waals surface area (Å²) in [6, 6.07) is 10.8. The van der Waals surface area contributed by atoms with E-state index in [2.05, 4.69) is 4.98 Å². The first-order valence-electron chi connectivity index (χ1n) is 6.14. The molecule has 0 aliphatic carbocycles. The molecular formula is C15H11ClFNS2. The SMILES string of the molecule is Fc1ccccc1-c1nc(-c2cccs2)c(CCCl)s1. The standard InChI is InChI=1S/C15H11ClFNS2/c16-8-7-13-14(12-6-3-9-19-12)18-15(20-13)10-4-1-2-5-11(10)17/h1-6,9H,7-8H2. The van der Waals surface area contributed by atoms with Gasteiger partial charge in [-0.3, -0.25) is 0 Å². The minimum absolute atomic E-state index is 0.239. The maximum Gasteiger partial charge on any atom is 0.133 e. The predicted molar refractivity (Wildman–Crippen MR) is 85.2 cm³/mol. The van der Waals surface area contributed by atoms with Gasteiger partial charge < -0.3 is 0 Å². The number of hydrogen-bond acceptors (Lipinski definition) is 3. The largest absolute Gasteiger partial charge is 0.235 e. The summed E-state index contributed by atoms with van der Waals surface area (Å²) >= 11 is 9.02. The monoisotopic (exact) mass is 323 g/mol. The number of hydrogen-bond donors (Lipinski definition) is 0. The number of alkyl halides is 1. The van der Waals surface area contributed by atoms with Crippen LogP contribution in [-0.4, -0.2) is 10.9 Å². The van der Waals surface area contributed by atoms with E-state index in [-0.39, 0.29) is 5.82 Å². The van der Waals surface area contributed by atoms with Crippen LogP contribution in [-0.2, 0) is 6.42 Å². The Balaban J connectivity index is 2.10. The smallest absolute Gasteiger partial charge is 0.133 e. The Hall–Kier alpha value is -1.23. The van der Waals surface area contributed by atoms with Crippen molar-refractivity contribution in [1.29, 1.82) is 0 Å². The quantitative estimate of drug-likeness (QED) is 0.581. The Morgan fingerprint density at radius 2 is 2.00 bits per heavy atom. The molecule has 0 amide bonds. The van der Waals surface area contributed by atoms with E-state index in [1.807, 2.05) is 23.6 Å². The van der Waals surface area contributed by atoms with E-state index in [0.29, 0.717) is 16.5 Å². The number of aryl methyl sites for hydroxylation is 1. The van der Waals surface area contributed by atoms with Crippen molar-refractivity contribution in [1.82, 2.24) is 4.98 Å². The molecule has 0 aliphatic rings. The highest BCUT2D eigenvalue weighted by molar-refractivity contribution is 7.17. The fourth-order valence-corrected chi connectivity index (χ4v) is 4.17. The van der Waals surface area contributed by atoms with E-state index in [4.69, 9.17) is 11.6 Å². The fourth-order valence-electron chi connectivity index (χ4n) is 1.96. The van der Waals surface area contributed by atoms with Gasteiger partial charge in [0.2, 0.25) is 0 Å². The molecule has 1 aromatic carbocycles. The number of benzene rings is 1. The summed E-state index contributed by atoms with van der Waals surface area (Å²) in [5, 5.41) is 2.73. The molecule has 0 spiro atoms. The lowest BCUT2D eigenvalue weighted by atomic mass is 10.2. The molecule has 0 atom stereocenters. The second-order valence-corrected chi connectivity index (χ2v) is 6.60. The zero-order valence-corrected chi connectivity index (χ0v) is 12.9. The molecule has 2 aromatic heterocycles. The van der Waals surface area contributed by atoms with Gasteiger partial charge in [0.25, 0.3) is 0 Å². The third-order valence-corrected chi connectivity index (χ3v) is 5.09. The minimum Gasteiger partial charge on any atom is -0.235 e. The van der Waals surface area contributed by atoms with Crippen LogP contribution in [0.1, 0.15) is 4.88 Å². The number of aromatic nitrogens is 1. The minimum atomic E-state index is -0.239. The number of halogens is 2. The van der Waals surface area contributed by atoms with Crippen molar-refractivity contribution >= 4 is 34.3 Å². The van der Waals surface area contributed by atoms with E-state index in [9.17, 15) is 4.39 Å². The highest BCUT2D eigenvalue weighted by Crippen LogP contribution is 2.36. The molecule has 3 rings (SSSR count). The molecule has 0 bridgehead atoms. The normalized spacial score (nSPS) is 10.9. The molecular weight excluding hydrogens is 313 g/mol. The van der Waals surface area contributed by atoms with E-state index < -0.39 is 0 Å². The van der Waals surface area contributed by atoms with Gasteiger partial charge in [0.05, 0.1) is 10.6 Å². The molecule has 1 nitrogen and oxygen atoms in total. The number of thiazole rings is 1. The van der Waals surface area contributed by atoms with Crippen molar-refractivity contribution in [3.05, 3.63) is 52.5 Å². The highest BCUT2D eigenvalue weighted by Gasteiger charge is 2.16. The summed E-state index contributed by atoms with van der Waals surface area (Å²) in [5.41, 5.74) is 1.49. The van der Waals surface area contributed by atoms with Crippen LogP contribution in [0.25, 0.3) is 21.1 Å². The lowest BCUT2D eigenvalue weighted by molar-refractivity contribution is 0.631. The van der Waals surface area contributed by atoms with Crippen LogP contribution >= 0.6 is 34.3 Å². The molecule has 0 saturated carbocycles. The van der Waals surface area contributed by atoms with Crippen LogP contribution in [0, 0.1) is 5.82 Å². The summed E-state index contributed by atoms with van der Waals surface area (Å²) in [4.78, 5) is 6.85. The topological polar surface area (TPSA) is 12.9 Å². The van der Waals surface area contributed by atoms with Gasteiger partial charge in [-0.2, -0.15) is 0 Å². The Labute approximate surface area is 129 Å². The number of thiophene rings is 1. The van der Waals surface area contributed by atoms with Crippen LogP contribution in [0.15, 0.2) is 41.8 Å². The molecule has 0 fully saturated rings. The molecule has 5 heteroatoms. The van der Waals surface area contributed by atoms with Gasteiger partial charge in [-0.15, -0.1) is 34.3 Å². The van der Waals surface area contributed by atoms with Gasteiger partial charge in [-0.05, 0) is 30.0 Å². The molecule has 0 unspecified atom stereocenters. The Bertz CT molecular complexity index is 706. The Morgan fingerprint density at radius 3 is 2.70 bits per heavy atom. The van der Waals surface area contributed by atoms with Gasteiger partial charge in [0.15, 0.2) is 0 Å². The Morgan fingerprint density at radius 1 is 1.15 bits per heavy atom. The summed E-state index contributed by atoms with van der Waals surface area (Å²) in [6.45, 7) is 0. The van der Waals surface area contributed by atoms with Crippen molar-refractivity contribution in [2.24, 2.45) is 0 Å². The van der Waals surface area contributed by atoms with Crippen LogP contribution in [0.4, 0.5) is 4.39 Å². The first-order valence-corrected chi connectivity index (χ1v) is 8.37. The third-order valence-electron chi connectivity index (χ3n) is 2.88. The molecule has 2 heterocycles. The first-order chi connectivity index (χ1) is 9.79. The van der Waals surface area contributed by atoms with Gasteiger partial charge in [-0.25, -0.2) is 9.37 Å². The van der Waals surface area contributed by atoms with E-state index >= 15 is 0 Å². The molecule has 20 heavy (non-hydrogen) atoms. The summed E-state index contributed by atoms with van der Waals surface area (Å²) in [7, 11) is 0. The molecule has 0 aliphatic heterocycles. The molecule has 3 aromatic rings. The molecule has 0 saturated heterocycles. The third kappa shape index (κ3) is 2.64.